The first-order chi connectivity index (χ1) is 6.48. The first-order valence-corrected chi connectivity index (χ1v) is 6.81. The molecular weight excluding hydrogens is 200 g/mol. The molecule has 0 saturated carbocycles. The van der Waals surface area contributed by atoms with Crippen LogP contribution in [0.15, 0.2) is 0 Å². The zero-order valence-corrected chi connectivity index (χ0v) is 10.2. The second kappa shape index (κ2) is 7.20. The fourth-order valence-electron chi connectivity index (χ4n) is 0.935. The van der Waals surface area contributed by atoms with E-state index in [1.165, 1.54) is 0 Å². The van der Waals surface area contributed by atoms with Crippen molar-refractivity contribution in [2.24, 2.45) is 5.92 Å². The van der Waals surface area contributed by atoms with Gasteiger partial charge < -0.3 is 5.32 Å². The maximum absolute atomic E-state index is 11.4. The van der Waals surface area contributed by atoms with Gasteiger partial charge in [-0.05, 0) is 18.9 Å². The molecule has 0 unspecified atom stereocenters. The molecule has 14 heavy (non-hydrogen) atoms. The van der Waals surface area contributed by atoms with E-state index in [4.69, 9.17) is 0 Å². The van der Waals surface area contributed by atoms with Gasteiger partial charge in [-0.1, -0.05) is 20.8 Å². The molecule has 0 aliphatic carbocycles. The summed E-state index contributed by atoms with van der Waals surface area (Å²) in [6, 6.07) is 0. The van der Waals surface area contributed by atoms with Crippen LogP contribution in [-0.2, 0) is 10.0 Å². The van der Waals surface area contributed by atoms with E-state index >= 15 is 0 Å². The predicted molar refractivity (Wildman–Crippen MR) is 59.8 cm³/mol. The number of rotatable bonds is 8. The Morgan fingerprint density at radius 1 is 1.21 bits per heavy atom. The maximum Gasteiger partial charge on any atom is 0.211 e. The normalized spacial score (nSPS) is 12.3. The Labute approximate surface area is 87.5 Å². The summed E-state index contributed by atoms with van der Waals surface area (Å²) in [6.45, 7) is 8.08. The number of hydrogen-bond donors (Lipinski definition) is 2. The van der Waals surface area contributed by atoms with Crippen LogP contribution in [0.25, 0.3) is 0 Å². The first kappa shape index (κ1) is 13.9. The zero-order chi connectivity index (χ0) is 11.0. The van der Waals surface area contributed by atoms with E-state index in [1.807, 2.05) is 20.8 Å². The fourth-order valence-corrected chi connectivity index (χ4v) is 2.27. The van der Waals surface area contributed by atoms with E-state index in [2.05, 4.69) is 10.0 Å². The molecule has 0 amide bonds. The molecule has 0 rings (SSSR count). The highest BCUT2D eigenvalue weighted by Gasteiger charge is 2.09. The van der Waals surface area contributed by atoms with Crippen LogP contribution >= 0.6 is 0 Å². The number of likely N-dealkylation sites (N-methyl/N-ethyl adjacent to an activating group) is 1. The molecule has 0 spiro atoms. The van der Waals surface area contributed by atoms with E-state index in [0.29, 0.717) is 19.0 Å². The van der Waals surface area contributed by atoms with Gasteiger partial charge in [0.1, 0.15) is 0 Å². The van der Waals surface area contributed by atoms with Gasteiger partial charge in [-0.15, -0.1) is 0 Å². The van der Waals surface area contributed by atoms with Gasteiger partial charge in [0.2, 0.25) is 10.0 Å². The van der Waals surface area contributed by atoms with Crippen molar-refractivity contribution in [2.45, 2.75) is 27.2 Å². The van der Waals surface area contributed by atoms with Crippen molar-refractivity contribution < 1.29 is 8.42 Å². The lowest BCUT2D eigenvalue weighted by molar-refractivity contribution is 0.559. The summed E-state index contributed by atoms with van der Waals surface area (Å²) in [4.78, 5) is 0. The monoisotopic (exact) mass is 222 g/mol. The molecule has 0 saturated heterocycles. The second-order valence-electron chi connectivity index (χ2n) is 3.75. The molecule has 0 radical (unpaired) electrons. The Bertz CT molecular complexity index is 225. The van der Waals surface area contributed by atoms with Crippen LogP contribution in [0, 0.1) is 5.92 Å². The molecule has 4 nitrogen and oxygen atoms in total. The van der Waals surface area contributed by atoms with Crippen molar-refractivity contribution in [2.75, 3.05) is 25.4 Å². The van der Waals surface area contributed by atoms with Crippen LogP contribution < -0.4 is 10.0 Å². The van der Waals surface area contributed by atoms with E-state index in [-0.39, 0.29) is 5.75 Å². The number of hydrogen-bond acceptors (Lipinski definition) is 3. The van der Waals surface area contributed by atoms with Crippen molar-refractivity contribution >= 4 is 10.0 Å². The summed E-state index contributed by atoms with van der Waals surface area (Å²) >= 11 is 0. The zero-order valence-electron chi connectivity index (χ0n) is 9.34. The number of nitrogens with one attached hydrogen (secondary N) is 2. The predicted octanol–water partition coefficient (Wildman–Crippen LogP) is 0.561. The van der Waals surface area contributed by atoms with Crippen LogP contribution in [0.5, 0.6) is 0 Å². The van der Waals surface area contributed by atoms with Crippen molar-refractivity contribution in [1.82, 2.24) is 10.0 Å². The van der Waals surface area contributed by atoms with E-state index in [9.17, 15) is 8.42 Å². The van der Waals surface area contributed by atoms with Crippen LogP contribution in [0.1, 0.15) is 27.2 Å². The summed E-state index contributed by atoms with van der Waals surface area (Å²) < 4.78 is 25.3. The highest BCUT2D eigenvalue weighted by atomic mass is 32.2. The first-order valence-electron chi connectivity index (χ1n) is 5.16. The molecule has 5 heteroatoms. The molecule has 0 aromatic carbocycles. The van der Waals surface area contributed by atoms with Crippen molar-refractivity contribution in [3.63, 3.8) is 0 Å². The van der Waals surface area contributed by atoms with E-state index < -0.39 is 10.0 Å². The molecule has 0 bridgehead atoms. The van der Waals surface area contributed by atoms with Crippen LogP contribution in [0.4, 0.5) is 0 Å². The Kier molecular flexibility index (Phi) is 7.13. The molecule has 0 aliphatic rings. The minimum Gasteiger partial charge on any atom is -0.316 e. The van der Waals surface area contributed by atoms with Gasteiger partial charge in [-0.25, -0.2) is 13.1 Å². The van der Waals surface area contributed by atoms with Crippen LogP contribution in [0.3, 0.4) is 0 Å². The van der Waals surface area contributed by atoms with E-state index in [1.54, 1.807) is 0 Å². The fraction of sp³-hybridized carbons (Fsp3) is 1.00. The van der Waals surface area contributed by atoms with Crippen LogP contribution in [0.2, 0.25) is 0 Å². The van der Waals surface area contributed by atoms with Crippen LogP contribution in [-0.4, -0.2) is 33.8 Å². The third-order valence-electron chi connectivity index (χ3n) is 1.84. The molecular formula is C9H22N2O2S. The Morgan fingerprint density at radius 3 is 2.36 bits per heavy atom. The Hall–Kier alpha value is -0.130. The maximum atomic E-state index is 11.4. The molecule has 0 fully saturated rings. The summed E-state index contributed by atoms with van der Waals surface area (Å²) in [6.07, 6.45) is 0.719. The summed E-state index contributed by atoms with van der Waals surface area (Å²) in [7, 11) is -3.05. The van der Waals surface area contributed by atoms with Gasteiger partial charge >= 0.3 is 0 Å². The molecule has 0 atom stereocenters. The lowest BCUT2D eigenvalue weighted by Crippen LogP contribution is -2.33. The average molecular weight is 222 g/mol. The highest BCUT2D eigenvalue weighted by molar-refractivity contribution is 7.89. The second-order valence-corrected chi connectivity index (χ2v) is 5.68. The van der Waals surface area contributed by atoms with E-state index in [0.717, 1.165) is 13.0 Å². The molecule has 0 aromatic rings. The minimum absolute atomic E-state index is 0.233. The largest absolute Gasteiger partial charge is 0.316 e. The smallest absolute Gasteiger partial charge is 0.211 e. The third-order valence-corrected chi connectivity index (χ3v) is 3.25. The third kappa shape index (κ3) is 8.47. The number of sulfonamides is 1. The van der Waals surface area contributed by atoms with Gasteiger partial charge in [0.15, 0.2) is 0 Å². The highest BCUT2D eigenvalue weighted by Crippen LogP contribution is 2.01. The average Bonchev–Trinajstić information content (AvgIpc) is 2.10. The van der Waals surface area contributed by atoms with Crippen molar-refractivity contribution in [1.29, 1.82) is 0 Å². The molecule has 0 aliphatic heterocycles. The standard InChI is InChI=1S/C9H22N2O2S/c1-4-10-6-7-11-14(12,13)8-5-9(2)3/h9-11H,4-8H2,1-3H3. The lowest BCUT2D eigenvalue weighted by atomic mass is 10.2. The SMILES string of the molecule is CCNCCNS(=O)(=O)CCC(C)C. The molecule has 86 valence electrons. The van der Waals surface area contributed by atoms with Crippen molar-refractivity contribution in [3.8, 4) is 0 Å². The summed E-state index contributed by atoms with van der Waals surface area (Å²) in [5.74, 6) is 0.664. The van der Waals surface area contributed by atoms with Gasteiger partial charge in [0.05, 0.1) is 5.75 Å². The quantitative estimate of drug-likeness (QED) is 0.590. The topological polar surface area (TPSA) is 58.2 Å². The minimum atomic E-state index is -3.05. The van der Waals surface area contributed by atoms with Gasteiger partial charge in [0, 0.05) is 13.1 Å². The van der Waals surface area contributed by atoms with Gasteiger partial charge in [0.25, 0.3) is 0 Å². The lowest BCUT2D eigenvalue weighted by Gasteiger charge is -2.08. The molecule has 0 aromatic heterocycles. The summed E-state index contributed by atoms with van der Waals surface area (Å²) in [5.41, 5.74) is 0. The Morgan fingerprint density at radius 2 is 1.86 bits per heavy atom. The Balaban J connectivity index is 3.62. The van der Waals surface area contributed by atoms with Gasteiger partial charge in [-0.3, -0.25) is 0 Å². The van der Waals surface area contributed by atoms with Gasteiger partial charge in [-0.2, -0.15) is 0 Å². The molecule has 0 heterocycles. The summed E-state index contributed by atoms with van der Waals surface area (Å²) in [5, 5.41) is 3.06. The van der Waals surface area contributed by atoms with Crippen molar-refractivity contribution in [3.05, 3.63) is 0 Å². The molecule has 2 N–H and O–H groups in total.